The van der Waals surface area contributed by atoms with E-state index in [4.69, 9.17) is 11.6 Å². The molecule has 1 aromatic rings. The van der Waals surface area contributed by atoms with Crippen LogP contribution in [0.15, 0.2) is 12.1 Å². The van der Waals surface area contributed by atoms with Crippen LogP contribution >= 0.6 is 11.6 Å². The van der Waals surface area contributed by atoms with Crippen LogP contribution in [-0.2, 0) is 11.0 Å². The van der Waals surface area contributed by atoms with Gasteiger partial charge in [-0.15, -0.1) is 0 Å². The molecule has 120 valence electrons. The fraction of sp³-hybridized carbons (Fsp3) is 0.571. The second-order valence-corrected chi connectivity index (χ2v) is 8.32. The van der Waals surface area contributed by atoms with E-state index in [1.165, 1.54) is 12.1 Å². The summed E-state index contributed by atoms with van der Waals surface area (Å²) in [6, 6.07) is 0.757. The minimum Gasteiger partial charge on any atom is -0.242 e. The Bertz CT molecular complexity index is 529. The molecule has 1 N–H and O–H groups in total. The Labute approximate surface area is 130 Å². The molecule has 1 aromatic carbocycles. The van der Waals surface area contributed by atoms with Gasteiger partial charge in [0.05, 0.1) is 15.7 Å². The molecule has 0 aliphatic carbocycles. The van der Waals surface area contributed by atoms with Crippen LogP contribution in [0.1, 0.15) is 43.5 Å². The molecule has 0 aliphatic rings. The zero-order valence-corrected chi connectivity index (χ0v) is 14.1. The first-order chi connectivity index (χ1) is 9.34. The van der Waals surface area contributed by atoms with E-state index in [0.717, 1.165) is 0 Å². The maximum absolute atomic E-state index is 13.3. The molecule has 2 atom stereocenters. The summed E-state index contributed by atoms with van der Waals surface area (Å²) >= 11 is 5.99. The summed E-state index contributed by atoms with van der Waals surface area (Å²) in [5, 5.41) is 0.441. The SMILES string of the molecule is Cc1cc([C@H](N[S@@](=O)C(C)(C)C)C(F)(F)F)cc(C)c1Cl. The molecule has 0 bridgehead atoms. The van der Waals surface area contributed by atoms with E-state index in [1.54, 1.807) is 34.6 Å². The van der Waals surface area contributed by atoms with Gasteiger partial charge in [0.1, 0.15) is 6.04 Å². The highest BCUT2D eigenvalue weighted by atomic mass is 35.5. The third kappa shape index (κ3) is 4.69. The standard InChI is InChI=1S/C14H19ClF3NOS/c1-8-6-10(7-9(2)11(8)15)12(14(16,17)18)19-21(20)13(3,4)5/h6-7,12,19H,1-5H3/t12-,21-/m0/s1. The monoisotopic (exact) mass is 341 g/mol. The van der Waals surface area contributed by atoms with Crippen LogP contribution in [0.3, 0.4) is 0 Å². The van der Waals surface area contributed by atoms with Gasteiger partial charge in [0, 0.05) is 5.02 Å². The van der Waals surface area contributed by atoms with E-state index in [9.17, 15) is 17.4 Å². The van der Waals surface area contributed by atoms with Gasteiger partial charge in [0.25, 0.3) is 0 Å². The van der Waals surface area contributed by atoms with Crippen LogP contribution in [0.2, 0.25) is 5.02 Å². The lowest BCUT2D eigenvalue weighted by atomic mass is 10.0. The van der Waals surface area contributed by atoms with Gasteiger partial charge in [-0.05, 0) is 51.3 Å². The van der Waals surface area contributed by atoms with Crippen molar-refractivity contribution < 1.29 is 17.4 Å². The number of aryl methyl sites for hydroxylation is 2. The molecule has 0 aromatic heterocycles. The van der Waals surface area contributed by atoms with Crippen molar-refractivity contribution in [3.8, 4) is 0 Å². The van der Waals surface area contributed by atoms with E-state index in [0.29, 0.717) is 16.1 Å². The van der Waals surface area contributed by atoms with Crippen molar-refractivity contribution in [2.24, 2.45) is 0 Å². The minimum atomic E-state index is -4.55. The fourth-order valence-electron chi connectivity index (χ4n) is 1.75. The maximum Gasteiger partial charge on any atom is 0.408 e. The molecule has 0 saturated carbocycles. The second-order valence-electron chi connectivity index (χ2n) is 5.94. The molecule has 1 rings (SSSR count). The van der Waals surface area contributed by atoms with E-state index in [-0.39, 0.29) is 5.56 Å². The number of nitrogens with one attached hydrogen (secondary N) is 1. The molecule has 0 amide bonds. The summed E-state index contributed by atoms with van der Waals surface area (Å²) in [5.74, 6) is 0. The number of hydrogen-bond acceptors (Lipinski definition) is 1. The average Bonchev–Trinajstić information content (AvgIpc) is 2.29. The Kier molecular flexibility index (Phi) is 5.51. The van der Waals surface area contributed by atoms with Crippen LogP contribution in [0.25, 0.3) is 0 Å². The van der Waals surface area contributed by atoms with E-state index in [1.807, 2.05) is 0 Å². The molecule has 0 unspecified atom stereocenters. The zero-order chi connectivity index (χ0) is 16.6. The summed E-state index contributed by atoms with van der Waals surface area (Å²) in [7, 11) is -1.84. The lowest BCUT2D eigenvalue weighted by Gasteiger charge is -2.26. The Morgan fingerprint density at radius 1 is 1.14 bits per heavy atom. The Balaban J connectivity index is 3.25. The predicted octanol–water partition coefficient (Wildman–Crippen LogP) is 4.61. The van der Waals surface area contributed by atoms with Crippen LogP contribution in [0, 0.1) is 13.8 Å². The summed E-state index contributed by atoms with van der Waals surface area (Å²) in [5.41, 5.74) is 1.13. The lowest BCUT2D eigenvalue weighted by Crippen LogP contribution is -2.41. The first-order valence-electron chi connectivity index (χ1n) is 6.35. The molecule has 0 radical (unpaired) electrons. The predicted molar refractivity (Wildman–Crippen MR) is 80.8 cm³/mol. The number of rotatable bonds is 3. The first kappa shape index (κ1) is 18.5. The highest BCUT2D eigenvalue weighted by Gasteiger charge is 2.43. The summed E-state index contributed by atoms with van der Waals surface area (Å²) in [6.07, 6.45) is -4.55. The molecule has 21 heavy (non-hydrogen) atoms. The van der Waals surface area contributed by atoms with Crippen molar-refractivity contribution in [1.82, 2.24) is 4.72 Å². The van der Waals surface area contributed by atoms with Gasteiger partial charge in [-0.3, -0.25) is 0 Å². The van der Waals surface area contributed by atoms with E-state index in [2.05, 4.69) is 4.72 Å². The van der Waals surface area contributed by atoms with Gasteiger partial charge in [-0.2, -0.15) is 13.2 Å². The summed E-state index contributed by atoms with van der Waals surface area (Å²) < 4.78 is 53.3. The molecule has 0 aliphatic heterocycles. The van der Waals surface area contributed by atoms with Crippen LogP contribution < -0.4 is 4.72 Å². The number of halogens is 4. The van der Waals surface area contributed by atoms with Crippen molar-refractivity contribution in [3.05, 3.63) is 33.8 Å². The van der Waals surface area contributed by atoms with Crippen molar-refractivity contribution in [2.45, 2.75) is 51.6 Å². The van der Waals surface area contributed by atoms with Gasteiger partial charge in [0.2, 0.25) is 0 Å². The van der Waals surface area contributed by atoms with Crippen LogP contribution in [0.5, 0.6) is 0 Å². The lowest BCUT2D eigenvalue weighted by molar-refractivity contribution is -0.152. The number of hydrogen-bond donors (Lipinski definition) is 1. The highest BCUT2D eigenvalue weighted by molar-refractivity contribution is 7.84. The van der Waals surface area contributed by atoms with Crippen LogP contribution in [-0.4, -0.2) is 15.1 Å². The second kappa shape index (κ2) is 6.26. The Hall–Kier alpha value is -0.590. The van der Waals surface area contributed by atoms with Gasteiger partial charge >= 0.3 is 6.18 Å². The molecular formula is C14H19ClF3NOS. The van der Waals surface area contributed by atoms with E-state index >= 15 is 0 Å². The largest absolute Gasteiger partial charge is 0.408 e. The topological polar surface area (TPSA) is 29.1 Å². The molecule has 7 heteroatoms. The fourth-order valence-corrected chi connectivity index (χ4v) is 2.70. The molecule has 0 fully saturated rings. The average molecular weight is 342 g/mol. The molecule has 0 heterocycles. The van der Waals surface area contributed by atoms with E-state index < -0.39 is 28.0 Å². The minimum absolute atomic E-state index is 0.0134. The third-order valence-corrected chi connectivity index (χ3v) is 5.06. The summed E-state index contributed by atoms with van der Waals surface area (Å²) in [6.45, 7) is 8.13. The highest BCUT2D eigenvalue weighted by Crippen LogP contribution is 2.36. The normalized spacial score (nSPS) is 15.9. The molecular weight excluding hydrogens is 323 g/mol. The summed E-state index contributed by atoms with van der Waals surface area (Å²) in [4.78, 5) is 0. The van der Waals surface area contributed by atoms with Crippen LogP contribution in [0.4, 0.5) is 13.2 Å². The van der Waals surface area contributed by atoms with Crippen molar-refractivity contribution in [2.75, 3.05) is 0 Å². The van der Waals surface area contributed by atoms with Crippen molar-refractivity contribution in [1.29, 1.82) is 0 Å². The van der Waals surface area contributed by atoms with Gasteiger partial charge in [-0.1, -0.05) is 23.7 Å². The quantitative estimate of drug-likeness (QED) is 0.854. The zero-order valence-electron chi connectivity index (χ0n) is 12.6. The van der Waals surface area contributed by atoms with Gasteiger partial charge in [0.15, 0.2) is 0 Å². The molecule has 2 nitrogen and oxygen atoms in total. The smallest absolute Gasteiger partial charge is 0.242 e. The van der Waals surface area contributed by atoms with Gasteiger partial charge in [-0.25, -0.2) is 8.93 Å². The van der Waals surface area contributed by atoms with Gasteiger partial charge < -0.3 is 0 Å². The van der Waals surface area contributed by atoms with Crippen molar-refractivity contribution >= 4 is 22.6 Å². The number of alkyl halides is 3. The Morgan fingerprint density at radius 2 is 1.57 bits per heavy atom. The third-order valence-electron chi connectivity index (χ3n) is 2.90. The first-order valence-corrected chi connectivity index (χ1v) is 7.88. The Morgan fingerprint density at radius 3 is 1.90 bits per heavy atom. The maximum atomic E-state index is 13.3. The van der Waals surface area contributed by atoms with Crippen molar-refractivity contribution in [3.63, 3.8) is 0 Å². The number of benzene rings is 1. The molecule has 0 spiro atoms. The molecule has 0 saturated heterocycles.